The van der Waals surface area contributed by atoms with Crippen molar-refractivity contribution in [3.05, 3.63) is 23.8 Å². The monoisotopic (exact) mass is 179 g/mol. The van der Waals surface area contributed by atoms with E-state index < -0.39 is 0 Å². The summed E-state index contributed by atoms with van der Waals surface area (Å²) in [7, 11) is 1.69. The minimum atomic E-state index is 0.916. The maximum atomic E-state index is 5.13. The van der Waals surface area contributed by atoms with Crippen molar-refractivity contribution in [1.29, 1.82) is 0 Å². The second kappa shape index (κ2) is 4.75. The van der Waals surface area contributed by atoms with E-state index in [1.807, 2.05) is 12.1 Å². The van der Waals surface area contributed by atoms with Crippen LogP contribution < -0.4 is 10.1 Å². The van der Waals surface area contributed by atoms with Crippen molar-refractivity contribution >= 4 is 5.69 Å². The van der Waals surface area contributed by atoms with E-state index in [0.29, 0.717) is 0 Å². The number of rotatable bonds is 4. The van der Waals surface area contributed by atoms with Gasteiger partial charge in [-0.3, -0.25) is 0 Å². The number of anilines is 1. The van der Waals surface area contributed by atoms with Gasteiger partial charge in [0.05, 0.1) is 7.11 Å². The van der Waals surface area contributed by atoms with Crippen LogP contribution in [0.15, 0.2) is 18.2 Å². The van der Waals surface area contributed by atoms with Crippen LogP contribution in [0.5, 0.6) is 5.75 Å². The first-order valence-corrected chi connectivity index (χ1v) is 4.66. The molecule has 1 aromatic carbocycles. The Kier molecular flexibility index (Phi) is 3.62. The topological polar surface area (TPSA) is 21.3 Å². The zero-order valence-corrected chi connectivity index (χ0v) is 8.55. The lowest BCUT2D eigenvalue weighted by atomic mass is 10.2. The van der Waals surface area contributed by atoms with E-state index >= 15 is 0 Å². The predicted octanol–water partition coefficient (Wildman–Crippen LogP) is 2.83. The van der Waals surface area contributed by atoms with Gasteiger partial charge in [-0.15, -0.1) is 0 Å². The molecule has 0 saturated carbocycles. The average molecular weight is 179 g/mol. The smallest absolute Gasteiger partial charge is 0.119 e. The number of hydrogen-bond donors (Lipinski definition) is 1. The van der Waals surface area contributed by atoms with Gasteiger partial charge in [0.2, 0.25) is 0 Å². The van der Waals surface area contributed by atoms with Gasteiger partial charge in [-0.1, -0.05) is 6.92 Å². The standard InChI is InChI=1S/C11H17NO/c1-4-7-12-11-6-5-10(13-3)8-9(11)2/h5-6,8,12H,4,7H2,1-3H3. The van der Waals surface area contributed by atoms with E-state index in [9.17, 15) is 0 Å². The van der Waals surface area contributed by atoms with Crippen molar-refractivity contribution in [2.45, 2.75) is 20.3 Å². The minimum Gasteiger partial charge on any atom is -0.497 e. The second-order valence-corrected chi connectivity index (χ2v) is 3.11. The number of nitrogens with one attached hydrogen (secondary N) is 1. The first-order chi connectivity index (χ1) is 6.27. The molecule has 72 valence electrons. The van der Waals surface area contributed by atoms with Crippen LogP contribution >= 0.6 is 0 Å². The highest BCUT2D eigenvalue weighted by Crippen LogP contribution is 2.20. The molecule has 0 fully saturated rings. The molecule has 0 atom stereocenters. The van der Waals surface area contributed by atoms with Crippen LogP contribution in [0.3, 0.4) is 0 Å². The van der Waals surface area contributed by atoms with Crippen LogP contribution in [0, 0.1) is 6.92 Å². The zero-order chi connectivity index (χ0) is 9.68. The van der Waals surface area contributed by atoms with E-state index in [2.05, 4.69) is 25.2 Å². The Morgan fingerprint density at radius 2 is 2.15 bits per heavy atom. The van der Waals surface area contributed by atoms with Crippen molar-refractivity contribution in [1.82, 2.24) is 0 Å². The normalized spacial score (nSPS) is 9.77. The number of aryl methyl sites for hydroxylation is 1. The van der Waals surface area contributed by atoms with Crippen LogP contribution in [0.4, 0.5) is 5.69 Å². The third-order valence-electron chi connectivity index (χ3n) is 2.00. The van der Waals surface area contributed by atoms with E-state index in [-0.39, 0.29) is 0 Å². The molecule has 13 heavy (non-hydrogen) atoms. The lowest BCUT2D eigenvalue weighted by Gasteiger charge is -2.09. The molecule has 0 heterocycles. The number of hydrogen-bond acceptors (Lipinski definition) is 2. The van der Waals surface area contributed by atoms with Crippen molar-refractivity contribution in [2.75, 3.05) is 19.0 Å². The number of benzene rings is 1. The molecule has 0 bridgehead atoms. The Labute approximate surface area is 79.9 Å². The molecule has 0 aliphatic rings. The Morgan fingerprint density at radius 3 is 2.69 bits per heavy atom. The van der Waals surface area contributed by atoms with Crippen LogP contribution in [-0.4, -0.2) is 13.7 Å². The molecule has 0 radical (unpaired) electrons. The van der Waals surface area contributed by atoms with Gasteiger partial charge < -0.3 is 10.1 Å². The summed E-state index contributed by atoms with van der Waals surface area (Å²) in [5.41, 5.74) is 2.43. The van der Waals surface area contributed by atoms with Gasteiger partial charge in [0.25, 0.3) is 0 Å². The van der Waals surface area contributed by atoms with Crippen LogP contribution in [-0.2, 0) is 0 Å². The van der Waals surface area contributed by atoms with Crippen molar-refractivity contribution in [3.63, 3.8) is 0 Å². The fourth-order valence-electron chi connectivity index (χ4n) is 1.22. The lowest BCUT2D eigenvalue weighted by molar-refractivity contribution is 0.414. The molecule has 1 rings (SSSR count). The van der Waals surface area contributed by atoms with E-state index in [0.717, 1.165) is 18.7 Å². The molecule has 0 saturated heterocycles. The summed E-state index contributed by atoms with van der Waals surface area (Å²) < 4.78 is 5.13. The van der Waals surface area contributed by atoms with Gasteiger partial charge >= 0.3 is 0 Å². The zero-order valence-electron chi connectivity index (χ0n) is 8.55. The Morgan fingerprint density at radius 1 is 1.38 bits per heavy atom. The highest BCUT2D eigenvalue weighted by molar-refractivity contribution is 5.53. The van der Waals surface area contributed by atoms with Gasteiger partial charge in [-0.2, -0.15) is 0 Å². The Hall–Kier alpha value is -1.18. The molecule has 0 aliphatic carbocycles. The maximum Gasteiger partial charge on any atom is 0.119 e. The molecule has 1 aromatic rings. The van der Waals surface area contributed by atoms with Crippen molar-refractivity contribution < 1.29 is 4.74 Å². The van der Waals surface area contributed by atoms with Crippen molar-refractivity contribution in [2.24, 2.45) is 0 Å². The molecule has 2 nitrogen and oxygen atoms in total. The summed E-state index contributed by atoms with van der Waals surface area (Å²) in [6.45, 7) is 5.26. The molecular formula is C11H17NO. The number of ether oxygens (including phenoxy) is 1. The van der Waals surface area contributed by atoms with Crippen molar-refractivity contribution in [3.8, 4) is 5.75 Å². The molecule has 2 heteroatoms. The molecule has 0 aliphatic heterocycles. The third kappa shape index (κ3) is 2.65. The highest BCUT2D eigenvalue weighted by atomic mass is 16.5. The third-order valence-corrected chi connectivity index (χ3v) is 2.00. The van der Waals surface area contributed by atoms with Gasteiger partial charge in [0, 0.05) is 12.2 Å². The second-order valence-electron chi connectivity index (χ2n) is 3.11. The Balaban J connectivity index is 2.73. The van der Waals surface area contributed by atoms with Gasteiger partial charge in [0.15, 0.2) is 0 Å². The van der Waals surface area contributed by atoms with E-state index in [1.54, 1.807) is 7.11 Å². The Bertz CT molecular complexity index is 271. The SMILES string of the molecule is CCCNc1ccc(OC)cc1C. The predicted molar refractivity (Wildman–Crippen MR) is 56.5 cm³/mol. The fourth-order valence-corrected chi connectivity index (χ4v) is 1.22. The van der Waals surface area contributed by atoms with Gasteiger partial charge in [-0.05, 0) is 37.1 Å². The van der Waals surface area contributed by atoms with Crippen LogP contribution in [0.25, 0.3) is 0 Å². The number of methoxy groups -OCH3 is 1. The molecule has 0 spiro atoms. The largest absolute Gasteiger partial charge is 0.497 e. The molecule has 0 amide bonds. The summed E-state index contributed by atoms with van der Waals surface area (Å²) in [6, 6.07) is 6.08. The molecular weight excluding hydrogens is 162 g/mol. The van der Waals surface area contributed by atoms with Gasteiger partial charge in [-0.25, -0.2) is 0 Å². The quantitative estimate of drug-likeness (QED) is 0.767. The summed E-state index contributed by atoms with van der Waals surface area (Å²) in [4.78, 5) is 0. The molecule has 0 aromatic heterocycles. The fraction of sp³-hybridized carbons (Fsp3) is 0.455. The minimum absolute atomic E-state index is 0.916. The summed E-state index contributed by atoms with van der Waals surface area (Å²) in [5.74, 6) is 0.916. The van der Waals surface area contributed by atoms with Crippen LogP contribution in [0.1, 0.15) is 18.9 Å². The lowest BCUT2D eigenvalue weighted by Crippen LogP contribution is -2.01. The summed E-state index contributed by atoms with van der Waals surface area (Å²) in [5, 5.41) is 3.36. The van der Waals surface area contributed by atoms with E-state index in [1.165, 1.54) is 11.3 Å². The summed E-state index contributed by atoms with van der Waals surface area (Å²) in [6.07, 6.45) is 1.14. The van der Waals surface area contributed by atoms with Crippen LogP contribution in [0.2, 0.25) is 0 Å². The first kappa shape index (κ1) is 9.90. The first-order valence-electron chi connectivity index (χ1n) is 4.66. The molecule has 1 N–H and O–H groups in total. The maximum absolute atomic E-state index is 5.13. The van der Waals surface area contributed by atoms with Gasteiger partial charge in [0.1, 0.15) is 5.75 Å². The van der Waals surface area contributed by atoms with E-state index in [4.69, 9.17) is 4.74 Å². The molecule has 0 unspecified atom stereocenters. The summed E-state index contributed by atoms with van der Waals surface area (Å²) >= 11 is 0. The highest BCUT2D eigenvalue weighted by Gasteiger charge is 1.98. The average Bonchev–Trinajstić information content (AvgIpc) is 2.16.